The number of hydrogen-bond donors (Lipinski definition) is 5. The number of nitrogens with one attached hydrogen (secondary N) is 4. The summed E-state index contributed by atoms with van der Waals surface area (Å²) in [5.41, 5.74) is 5.48. The molecule has 238 valence electrons. The van der Waals surface area contributed by atoms with E-state index in [-0.39, 0.29) is 46.7 Å². The molecule has 0 aliphatic carbocycles. The highest BCUT2D eigenvalue weighted by atomic mass is 35.5. The summed E-state index contributed by atoms with van der Waals surface area (Å²) < 4.78 is 10.5. The van der Waals surface area contributed by atoms with E-state index in [0.717, 1.165) is 0 Å². The fourth-order valence-electron chi connectivity index (χ4n) is 3.75. The first kappa shape index (κ1) is 34.6. The molecule has 0 fully saturated rings. The highest BCUT2D eigenvalue weighted by Crippen LogP contribution is 2.32. The molecular weight excluding hydrogens is 627 g/mol. The van der Waals surface area contributed by atoms with E-state index >= 15 is 0 Å². The molecule has 0 radical (unpaired) electrons. The number of anilines is 2. The van der Waals surface area contributed by atoms with E-state index in [1.165, 1.54) is 24.4 Å². The van der Waals surface area contributed by atoms with Gasteiger partial charge in [-0.25, -0.2) is 19.4 Å². The molecule has 45 heavy (non-hydrogen) atoms. The average Bonchev–Trinajstić information content (AvgIpc) is 2.95. The minimum atomic E-state index is -1.35. The normalized spacial score (nSPS) is 11.5. The number of carbonyl (C=O) groups is 5. The Bertz CT molecular complexity index is 1560. The lowest BCUT2D eigenvalue weighted by Gasteiger charge is -2.19. The van der Waals surface area contributed by atoms with Crippen LogP contribution in [0.2, 0.25) is 10.0 Å². The van der Waals surface area contributed by atoms with Crippen LogP contribution >= 0.6 is 23.2 Å². The van der Waals surface area contributed by atoms with Crippen molar-refractivity contribution in [3.05, 3.63) is 87.5 Å². The summed E-state index contributed by atoms with van der Waals surface area (Å²) in [6, 6.07) is 12.4. The van der Waals surface area contributed by atoms with E-state index in [1.807, 2.05) is 0 Å². The summed E-state index contributed by atoms with van der Waals surface area (Å²) in [7, 11) is 0. The quantitative estimate of drug-likeness (QED) is 0.187. The van der Waals surface area contributed by atoms with Crippen molar-refractivity contribution in [2.24, 2.45) is 5.73 Å². The molecule has 3 aromatic rings. The zero-order valence-corrected chi connectivity index (χ0v) is 26.1. The second kappa shape index (κ2) is 15.7. The molecule has 0 unspecified atom stereocenters. The maximum Gasteiger partial charge on any atom is 0.413 e. The maximum absolute atomic E-state index is 13.3. The lowest BCUT2D eigenvalue weighted by Crippen LogP contribution is -2.50. The molecule has 0 aliphatic heterocycles. The number of aromatic nitrogens is 1. The number of ether oxygens (including phenoxy) is 2. The van der Waals surface area contributed by atoms with Crippen LogP contribution in [0.1, 0.15) is 42.3 Å². The zero-order chi connectivity index (χ0) is 33.1. The molecule has 15 heteroatoms. The van der Waals surface area contributed by atoms with Crippen molar-refractivity contribution in [3.8, 4) is 0 Å². The number of nitrogens with two attached hydrogens (primary N) is 1. The molecule has 0 saturated heterocycles. The van der Waals surface area contributed by atoms with Gasteiger partial charge in [0.05, 0.1) is 34.3 Å². The number of urea groups is 1. The van der Waals surface area contributed by atoms with Gasteiger partial charge in [0.1, 0.15) is 24.1 Å². The number of nitrogens with zero attached hydrogens (tertiary/aromatic N) is 1. The number of halogens is 2. The summed E-state index contributed by atoms with van der Waals surface area (Å²) in [4.78, 5) is 66.4. The van der Waals surface area contributed by atoms with E-state index in [9.17, 15) is 24.0 Å². The van der Waals surface area contributed by atoms with Crippen molar-refractivity contribution >= 4 is 64.6 Å². The van der Waals surface area contributed by atoms with Crippen LogP contribution < -0.4 is 27.0 Å². The van der Waals surface area contributed by atoms with Gasteiger partial charge in [0, 0.05) is 6.20 Å². The van der Waals surface area contributed by atoms with Crippen LogP contribution in [0.25, 0.3) is 0 Å². The number of benzene rings is 2. The van der Waals surface area contributed by atoms with Gasteiger partial charge in [0.25, 0.3) is 5.91 Å². The smallest absolute Gasteiger partial charge is 0.413 e. The van der Waals surface area contributed by atoms with Crippen LogP contribution in [-0.4, -0.2) is 53.1 Å². The molecule has 1 heterocycles. The van der Waals surface area contributed by atoms with Crippen molar-refractivity contribution in [3.63, 3.8) is 0 Å². The Morgan fingerprint density at radius 1 is 0.956 bits per heavy atom. The van der Waals surface area contributed by atoms with E-state index < -0.39 is 41.6 Å². The van der Waals surface area contributed by atoms with E-state index in [0.29, 0.717) is 11.1 Å². The van der Waals surface area contributed by atoms with Gasteiger partial charge in [0.2, 0.25) is 5.91 Å². The Balaban J connectivity index is 1.70. The van der Waals surface area contributed by atoms with Crippen molar-refractivity contribution in [2.75, 3.05) is 17.2 Å². The predicted molar refractivity (Wildman–Crippen MR) is 168 cm³/mol. The summed E-state index contributed by atoms with van der Waals surface area (Å²) in [6.45, 7) is 4.70. The van der Waals surface area contributed by atoms with Crippen LogP contribution in [0, 0.1) is 0 Å². The third-order valence-electron chi connectivity index (χ3n) is 5.70. The predicted octanol–water partition coefficient (Wildman–Crippen LogP) is 4.43. The average molecular weight is 660 g/mol. The number of pyridine rings is 1. The number of primary amides is 1. The number of carbonyl (C=O) groups excluding carboxylic acids is 5. The zero-order valence-electron chi connectivity index (χ0n) is 24.6. The second-order valence-electron chi connectivity index (χ2n) is 10.5. The molecule has 0 bridgehead atoms. The van der Waals surface area contributed by atoms with Crippen LogP contribution in [0.3, 0.4) is 0 Å². The lowest BCUT2D eigenvalue weighted by molar-refractivity contribution is -0.147. The van der Waals surface area contributed by atoms with Gasteiger partial charge in [0.15, 0.2) is 0 Å². The van der Waals surface area contributed by atoms with Crippen molar-refractivity contribution in [2.45, 2.75) is 45.4 Å². The standard InChI is InChI=1S/C30H32Cl2N6O7/c1-30(2,3)45-29(43)38-22-13-18(11-12-34-22)14-23(39)36-20-10-9-19(31)24(25(20)32)26(40)37-21(15-35-28(33)42)27(41)44-16-17-7-5-4-6-8-17/h4-13,21H,14-16H2,1-3H3,(H,36,39)(H,37,40)(H3,33,35,42)(H,34,38,43)/t21-/m0/s1. The SMILES string of the molecule is CC(C)(C)OC(=O)Nc1cc(CC(=O)Nc2ccc(Cl)c(C(=O)N[C@@H](CNC(N)=O)C(=O)OCc3ccccc3)c2Cl)ccn1. The first-order valence-corrected chi connectivity index (χ1v) is 14.2. The van der Waals surface area contributed by atoms with E-state index in [4.69, 9.17) is 38.4 Å². The molecule has 13 nitrogen and oxygen atoms in total. The van der Waals surface area contributed by atoms with Crippen molar-refractivity contribution < 1.29 is 33.4 Å². The minimum Gasteiger partial charge on any atom is -0.459 e. The van der Waals surface area contributed by atoms with Crippen molar-refractivity contribution in [1.29, 1.82) is 0 Å². The van der Waals surface area contributed by atoms with E-state index in [2.05, 4.69) is 26.3 Å². The van der Waals surface area contributed by atoms with E-state index in [1.54, 1.807) is 57.2 Å². The fourth-order valence-corrected chi connectivity index (χ4v) is 4.34. The van der Waals surface area contributed by atoms with Crippen LogP contribution in [0.15, 0.2) is 60.8 Å². The third kappa shape index (κ3) is 11.3. The van der Waals surface area contributed by atoms with Gasteiger partial charge in [-0.05, 0) is 56.2 Å². The highest BCUT2D eigenvalue weighted by Gasteiger charge is 2.27. The second-order valence-corrected chi connectivity index (χ2v) is 11.3. The molecule has 1 aromatic heterocycles. The first-order valence-electron chi connectivity index (χ1n) is 13.5. The fraction of sp³-hybridized carbons (Fsp3) is 0.267. The van der Waals surface area contributed by atoms with Crippen LogP contribution in [0.5, 0.6) is 0 Å². The molecule has 2 aromatic carbocycles. The van der Waals surface area contributed by atoms with Crippen LogP contribution in [-0.2, 0) is 32.1 Å². The van der Waals surface area contributed by atoms with Gasteiger partial charge < -0.3 is 31.2 Å². The minimum absolute atomic E-state index is 0.0656. The molecule has 6 N–H and O–H groups in total. The van der Waals surface area contributed by atoms with Crippen molar-refractivity contribution in [1.82, 2.24) is 15.6 Å². The maximum atomic E-state index is 13.3. The first-order chi connectivity index (χ1) is 21.2. The largest absolute Gasteiger partial charge is 0.459 e. The molecular formula is C30H32Cl2N6O7. The summed E-state index contributed by atoms with van der Waals surface area (Å²) in [5.74, 6) is -2.05. The molecule has 0 aliphatic rings. The number of esters is 1. The topological polar surface area (TPSA) is 191 Å². The van der Waals surface area contributed by atoms with Crippen LogP contribution in [0.4, 0.5) is 21.1 Å². The number of amides is 5. The Labute approximate surface area is 269 Å². The molecule has 1 atom stereocenters. The molecule has 5 amide bonds. The molecule has 0 spiro atoms. The summed E-state index contributed by atoms with van der Waals surface area (Å²) >= 11 is 12.8. The Hall–Kier alpha value is -4.88. The number of hydrogen-bond acceptors (Lipinski definition) is 8. The monoisotopic (exact) mass is 658 g/mol. The number of rotatable bonds is 11. The summed E-state index contributed by atoms with van der Waals surface area (Å²) in [6.07, 6.45) is 0.578. The molecule has 3 rings (SSSR count). The lowest BCUT2D eigenvalue weighted by atomic mass is 10.1. The van der Waals surface area contributed by atoms with Gasteiger partial charge >= 0.3 is 18.1 Å². The van der Waals surface area contributed by atoms with Gasteiger partial charge in [-0.15, -0.1) is 0 Å². The Morgan fingerprint density at radius 3 is 2.33 bits per heavy atom. The summed E-state index contributed by atoms with van der Waals surface area (Å²) in [5, 5.41) is 9.56. The Kier molecular flexibility index (Phi) is 12.1. The molecule has 0 saturated carbocycles. The third-order valence-corrected chi connectivity index (χ3v) is 6.41. The van der Waals surface area contributed by atoms with Gasteiger partial charge in [-0.1, -0.05) is 53.5 Å². The van der Waals surface area contributed by atoms with Gasteiger partial charge in [-0.2, -0.15) is 0 Å². The Morgan fingerprint density at radius 2 is 1.67 bits per heavy atom. The van der Waals surface area contributed by atoms with Gasteiger partial charge in [-0.3, -0.25) is 14.9 Å². The highest BCUT2D eigenvalue weighted by molar-refractivity contribution is 6.41.